The highest BCUT2D eigenvalue weighted by Gasteiger charge is 2.35. The minimum Gasteiger partial charge on any atom is -0.284 e. The van der Waals surface area contributed by atoms with E-state index in [1.165, 1.54) is 17.1 Å². The summed E-state index contributed by atoms with van der Waals surface area (Å²) >= 11 is 6.22. The standard InChI is InChI=1S/C20H21ClFN3O3S/c1-3-19(26)25-18(20-15(21)6-5-7-16(20)22)12-17(23-25)13-8-10-14(11-9-13)24-29(27,28)4-2/h5-11,18,24H,3-4,12H2,1-2H3. The van der Waals surface area contributed by atoms with E-state index < -0.39 is 21.9 Å². The van der Waals surface area contributed by atoms with Gasteiger partial charge in [-0.3, -0.25) is 9.52 Å². The van der Waals surface area contributed by atoms with Gasteiger partial charge in [-0.1, -0.05) is 36.7 Å². The molecule has 1 heterocycles. The van der Waals surface area contributed by atoms with E-state index in [-0.39, 0.29) is 28.7 Å². The molecular formula is C20H21ClFN3O3S. The van der Waals surface area contributed by atoms with Crippen LogP contribution in [-0.2, 0) is 14.8 Å². The van der Waals surface area contributed by atoms with Gasteiger partial charge in [0.2, 0.25) is 15.9 Å². The quantitative estimate of drug-likeness (QED) is 0.730. The fourth-order valence-corrected chi connectivity index (χ4v) is 4.04. The van der Waals surface area contributed by atoms with Crippen LogP contribution in [0, 0.1) is 5.82 Å². The van der Waals surface area contributed by atoms with Crippen molar-refractivity contribution < 1.29 is 17.6 Å². The lowest BCUT2D eigenvalue weighted by molar-refractivity contribution is -0.132. The van der Waals surface area contributed by atoms with Crippen LogP contribution in [0.5, 0.6) is 0 Å². The molecule has 6 nitrogen and oxygen atoms in total. The fourth-order valence-electron chi connectivity index (χ4n) is 3.11. The van der Waals surface area contributed by atoms with Crippen molar-refractivity contribution in [1.29, 1.82) is 0 Å². The predicted molar refractivity (Wildman–Crippen MR) is 112 cm³/mol. The number of hydrazone groups is 1. The molecule has 0 aromatic heterocycles. The van der Waals surface area contributed by atoms with Crippen LogP contribution in [0.25, 0.3) is 0 Å². The molecule has 29 heavy (non-hydrogen) atoms. The predicted octanol–water partition coefficient (Wildman–Crippen LogP) is 4.33. The molecule has 0 saturated carbocycles. The number of amides is 1. The second-order valence-electron chi connectivity index (χ2n) is 6.58. The van der Waals surface area contributed by atoms with Gasteiger partial charge in [0.05, 0.1) is 17.5 Å². The van der Waals surface area contributed by atoms with Crippen molar-refractivity contribution >= 4 is 38.9 Å². The zero-order valence-corrected chi connectivity index (χ0v) is 17.6. The van der Waals surface area contributed by atoms with Crippen LogP contribution in [0.4, 0.5) is 10.1 Å². The Hall–Kier alpha value is -2.45. The molecule has 3 rings (SSSR count). The van der Waals surface area contributed by atoms with Crippen molar-refractivity contribution in [1.82, 2.24) is 5.01 Å². The topological polar surface area (TPSA) is 78.8 Å². The summed E-state index contributed by atoms with van der Waals surface area (Å²) < 4.78 is 40.3. The zero-order chi connectivity index (χ0) is 21.2. The summed E-state index contributed by atoms with van der Waals surface area (Å²) in [7, 11) is -3.37. The average molecular weight is 438 g/mol. The lowest BCUT2D eigenvalue weighted by Gasteiger charge is -2.22. The van der Waals surface area contributed by atoms with Gasteiger partial charge in [0, 0.05) is 29.1 Å². The summed E-state index contributed by atoms with van der Waals surface area (Å²) in [6.07, 6.45) is 0.517. The normalized spacial score (nSPS) is 16.6. The van der Waals surface area contributed by atoms with Gasteiger partial charge in [-0.2, -0.15) is 5.10 Å². The molecule has 0 bridgehead atoms. The maximum Gasteiger partial charge on any atom is 0.242 e. The molecule has 0 radical (unpaired) electrons. The number of anilines is 1. The van der Waals surface area contributed by atoms with Crippen molar-refractivity contribution in [3.63, 3.8) is 0 Å². The van der Waals surface area contributed by atoms with Gasteiger partial charge < -0.3 is 0 Å². The average Bonchev–Trinajstić information content (AvgIpc) is 3.12. The second-order valence-corrected chi connectivity index (χ2v) is 8.99. The third-order valence-corrected chi connectivity index (χ3v) is 6.31. The molecule has 2 aromatic carbocycles. The van der Waals surface area contributed by atoms with E-state index in [9.17, 15) is 17.6 Å². The molecule has 2 aromatic rings. The summed E-state index contributed by atoms with van der Waals surface area (Å²) in [5.74, 6) is -0.755. The second kappa shape index (κ2) is 8.51. The van der Waals surface area contributed by atoms with E-state index >= 15 is 0 Å². The number of benzene rings is 2. The largest absolute Gasteiger partial charge is 0.284 e. The molecule has 0 aliphatic carbocycles. The van der Waals surface area contributed by atoms with Crippen LogP contribution < -0.4 is 4.72 Å². The number of halogens is 2. The number of hydrogen-bond acceptors (Lipinski definition) is 4. The van der Waals surface area contributed by atoms with Crippen LogP contribution >= 0.6 is 11.6 Å². The van der Waals surface area contributed by atoms with E-state index in [4.69, 9.17) is 11.6 Å². The number of carbonyl (C=O) groups excluding carboxylic acids is 1. The molecule has 0 spiro atoms. The number of nitrogens with one attached hydrogen (secondary N) is 1. The summed E-state index contributed by atoms with van der Waals surface area (Å²) in [5, 5.41) is 5.95. The van der Waals surface area contributed by atoms with Crippen LogP contribution in [0.15, 0.2) is 47.6 Å². The summed E-state index contributed by atoms with van der Waals surface area (Å²) in [4.78, 5) is 12.4. The lowest BCUT2D eigenvalue weighted by Crippen LogP contribution is -2.27. The number of nitrogens with zero attached hydrogens (tertiary/aromatic N) is 2. The Kier molecular flexibility index (Phi) is 6.24. The zero-order valence-electron chi connectivity index (χ0n) is 16.0. The van der Waals surface area contributed by atoms with E-state index in [1.807, 2.05) is 0 Å². The van der Waals surface area contributed by atoms with E-state index in [2.05, 4.69) is 9.82 Å². The molecule has 0 fully saturated rings. The number of hydrogen-bond donors (Lipinski definition) is 1. The molecule has 1 unspecified atom stereocenters. The molecular weight excluding hydrogens is 417 g/mol. The molecule has 1 N–H and O–H groups in total. The van der Waals surface area contributed by atoms with Gasteiger partial charge in [0.15, 0.2) is 0 Å². The minimum atomic E-state index is -3.37. The van der Waals surface area contributed by atoms with Gasteiger partial charge in [-0.05, 0) is 36.8 Å². The Labute approximate surface area is 174 Å². The lowest BCUT2D eigenvalue weighted by atomic mass is 9.97. The van der Waals surface area contributed by atoms with Crippen LogP contribution in [0.1, 0.15) is 43.9 Å². The first-order valence-electron chi connectivity index (χ1n) is 9.20. The van der Waals surface area contributed by atoms with Gasteiger partial charge in [-0.25, -0.2) is 17.8 Å². The Morgan fingerprint density at radius 3 is 2.52 bits per heavy atom. The van der Waals surface area contributed by atoms with E-state index in [0.29, 0.717) is 23.4 Å². The Morgan fingerprint density at radius 1 is 1.24 bits per heavy atom. The maximum absolute atomic E-state index is 14.5. The number of carbonyl (C=O) groups is 1. The van der Waals surface area contributed by atoms with Crippen molar-refractivity contribution in [2.75, 3.05) is 10.5 Å². The molecule has 1 aliphatic rings. The summed E-state index contributed by atoms with van der Waals surface area (Å²) in [6.45, 7) is 3.27. The van der Waals surface area contributed by atoms with Crippen molar-refractivity contribution in [2.45, 2.75) is 32.7 Å². The minimum absolute atomic E-state index is 0.0272. The van der Waals surface area contributed by atoms with Crippen LogP contribution in [-0.4, -0.2) is 30.8 Å². The van der Waals surface area contributed by atoms with Crippen molar-refractivity contribution in [3.8, 4) is 0 Å². The first kappa shape index (κ1) is 21.3. The first-order chi connectivity index (χ1) is 13.8. The molecule has 1 amide bonds. The maximum atomic E-state index is 14.5. The highest BCUT2D eigenvalue weighted by Crippen LogP contribution is 2.38. The van der Waals surface area contributed by atoms with Crippen LogP contribution in [0.3, 0.4) is 0 Å². The molecule has 1 atom stereocenters. The third-order valence-electron chi connectivity index (χ3n) is 4.67. The molecule has 9 heteroatoms. The van der Waals surface area contributed by atoms with Crippen LogP contribution in [0.2, 0.25) is 5.02 Å². The summed E-state index contributed by atoms with van der Waals surface area (Å²) in [5.41, 5.74) is 1.99. The Bertz CT molecular complexity index is 1030. The van der Waals surface area contributed by atoms with E-state index in [0.717, 1.165) is 0 Å². The van der Waals surface area contributed by atoms with Crippen molar-refractivity contribution in [2.24, 2.45) is 5.10 Å². The van der Waals surface area contributed by atoms with Crippen molar-refractivity contribution in [3.05, 3.63) is 64.4 Å². The highest BCUT2D eigenvalue weighted by atomic mass is 35.5. The Morgan fingerprint density at radius 2 is 1.93 bits per heavy atom. The highest BCUT2D eigenvalue weighted by molar-refractivity contribution is 7.92. The van der Waals surface area contributed by atoms with Gasteiger partial charge in [-0.15, -0.1) is 0 Å². The fraction of sp³-hybridized carbons (Fsp3) is 0.300. The third kappa shape index (κ3) is 4.59. The van der Waals surface area contributed by atoms with Gasteiger partial charge >= 0.3 is 0 Å². The number of sulfonamides is 1. The van der Waals surface area contributed by atoms with Gasteiger partial charge in [0.25, 0.3) is 0 Å². The smallest absolute Gasteiger partial charge is 0.242 e. The summed E-state index contributed by atoms with van der Waals surface area (Å²) in [6, 6.07) is 10.5. The Balaban J connectivity index is 1.92. The molecule has 1 aliphatic heterocycles. The SMILES string of the molecule is CCC(=O)N1N=C(c2ccc(NS(=O)(=O)CC)cc2)CC1c1c(F)cccc1Cl. The molecule has 0 saturated heterocycles. The monoisotopic (exact) mass is 437 g/mol. The molecule has 154 valence electrons. The number of rotatable bonds is 6. The van der Waals surface area contributed by atoms with E-state index in [1.54, 1.807) is 44.2 Å². The first-order valence-corrected chi connectivity index (χ1v) is 11.2. The van der Waals surface area contributed by atoms with Gasteiger partial charge in [0.1, 0.15) is 5.82 Å².